The second-order valence-electron chi connectivity index (χ2n) is 4.98. The van der Waals surface area contributed by atoms with Gasteiger partial charge in [0, 0.05) is 4.47 Å². The van der Waals surface area contributed by atoms with Gasteiger partial charge in [-0.15, -0.1) is 0 Å². The summed E-state index contributed by atoms with van der Waals surface area (Å²) in [5.41, 5.74) is 1.47. The van der Waals surface area contributed by atoms with E-state index in [0.29, 0.717) is 16.5 Å². The van der Waals surface area contributed by atoms with Crippen molar-refractivity contribution in [1.82, 2.24) is 5.32 Å². The Morgan fingerprint density at radius 3 is 2.47 bits per heavy atom. The van der Waals surface area contributed by atoms with Gasteiger partial charge in [0.25, 0.3) is 5.91 Å². The Balaban J connectivity index is 2.84. The van der Waals surface area contributed by atoms with E-state index in [1.807, 2.05) is 32.9 Å². The number of aliphatic carboxylic acids is 1. The first-order chi connectivity index (χ1) is 8.81. The van der Waals surface area contributed by atoms with E-state index in [0.717, 1.165) is 5.56 Å². The third-order valence-corrected chi connectivity index (χ3v) is 3.34. The van der Waals surface area contributed by atoms with Crippen LogP contribution in [0.2, 0.25) is 0 Å². The maximum atomic E-state index is 12.1. The zero-order chi connectivity index (χ0) is 14.6. The molecule has 0 saturated heterocycles. The second-order valence-corrected chi connectivity index (χ2v) is 5.83. The summed E-state index contributed by atoms with van der Waals surface area (Å²) >= 11 is 3.32. The molecule has 0 heterocycles. The minimum Gasteiger partial charge on any atom is -0.480 e. The van der Waals surface area contributed by atoms with E-state index in [2.05, 4.69) is 21.2 Å². The minimum absolute atomic E-state index is 0.197. The number of hydrogen-bond donors (Lipinski definition) is 2. The molecule has 5 heteroatoms. The van der Waals surface area contributed by atoms with E-state index in [1.165, 1.54) is 0 Å². The van der Waals surface area contributed by atoms with Crippen LogP contribution in [-0.2, 0) is 4.79 Å². The molecule has 0 bridgehead atoms. The maximum absolute atomic E-state index is 12.1. The van der Waals surface area contributed by atoms with Crippen molar-refractivity contribution in [3.05, 3.63) is 33.8 Å². The van der Waals surface area contributed by atoms with Gasteiger partial charge in [-0.1, -0.05) is 19.9 Å². The van der Waals surface area contributed by atoms with Crippen LogP contribution in [0.15, 0.2) is 22.7 Å². The normalized spacial score (nSPS) is 12.3. The summed E-state index contributed by atoms with van der Waals surface area (Å²) in [6.45, 7) is 5.76. The topological polar surface area (TPSA) is 66.4 Å². The fraction of sp³-hybridized carbons (Fsp3) is 0.429. The molecule has 1 amide bonds. The summed E-state index contributed by atoms with van der Waals surface area (Å²) in [5, 5.41) is 11.7. The van der Waals surface area contributed by atoms with Crippen molar-refractivity contribution in [2.24, 2.45) is 5.92 Å². The lowest BCUT2D eigenvalue weighted by Crippen LogP contribution is -2.41. The quantitative estimate of drug-likeness (QED) is 0.873. The van der Waals surface area contributed by atoms with Crippen LogP contribution in [0.3, 0.4) is 0 Å². The molecular weight excluding hydrogens is 310 g/mol. The van der Waals surface area contributed by atoms with E-state index >= 15 is 0 Å². The second kappa shape index (κ2) is 6.70. The number of hydrogen-bond acceptors (Lipinski definition) is 2. The van der Waals surface area contributed by atoms with Crippen LogP contribution >= 0.6 is 15.9 Å². The third-order valence-electron chi connectivity index (χ3n) is 2.68. The molecule has 1 aromatic rings. The number of carbonyl (C=O) groups is 2. The Morgan fingerprint density at radius 2 is 2.00 bits per heavy atom. The van der Waals surface area contributed by atoms with Crippen molar-refractivity contribution < 1.29 is 14.7 Å². The highest BCUT2D eigenvalue weighted by molar-refractivity contribution is 9.10. The first-order valence-electron chi connectivity index (χ1n) is 6.11. The van der Waals surface area contributed by atoms with Crippen LogP contribution in [0.4, 0.5) is 0 Å². The fourth-order valence-electron chi connectivity index (χ4n) is 1.73. The Labute approximate surface area is 121 Å². The van der Waals surface area contributed by atoms with Crippen molar-refractivity contribution in [3.8, 4) is 0 Å². The summed E-state index contributed by atoms with van der Waals surface area (Å²) in [7, 11) is 0. The molecule has 2 N–H and O–H groups in total. The largest absolute Gasteiger partial charge is 0.480 e. The molecule has 1 aromatic carbocycles. The van der Waals surface area contributed by atoms with Crippen molar-refractivity contribution in [2.75, 3.05) is 0 Å². The molecule has 0 aliphatic heterocycles. The molecule has 0 saturated carbocycles. The van der Waals surface area contributed by atoms with E-state index in [-0.39, 0.29) is 11.8 Å². The monoisotopic (exact) mass is 327 g/mol. The lowest BCUT2D eigenvalue weighted by Gasteiger charge is -2.17. The van der Waals surface area contributed by atoms with Crippen LogP contribution in [0, 0.1) is 12.8 Å². The molecule has 0 unspecified atom stereocenters. The molecule has 104 valence electrons. The Hall–Kier alpha value is -1.36. The van der Waals surface area contributed by atoms with Crippen LogP contribution in [0.5, 0.6) is 0 Å². The summed E-state index contributed by atoms with van der Waals surface area (Å²) in [5.74, 6) is -1.19. The van der Waals surface area contributed by atoms with Gasteiger partial charge >= 0.3 is 5.97 Å². The highest BCUT2D eigenvalue weighted by Gasteiger charge is 2.22. The van der Waals surface area contributed by atoms with Crippen molar-refractivity contribution >= 4 is 27.8 Å². The van der Waals surface area contributed by atoms with Crippen molar-refractivity contribution in [2.45, 2.75) is 33.2 Å². The molecule has 0 radical (unpaired) electrons. The number of carboxylic acid groups (broad SMARTS) is 1. The van der Waals surface area contributed by atoms with Gasteiger partial charge in [0.2, 0.25) is 0 Å². The van der Waals surface area contributed by atoms with Gasteiger partial charge in [0.1, 0.15) is 6.04 Å². The molecule has 19 heavy (non-hydrogen) atoms. The van der Waals surface area contributed by atoms with E-state index < -0.39 is 12.0 Å². The lowest BCUT2D eigenvalue weighted by molar-refractivity contribution is -0.139. The van der Waals surface area contributed by atoms with Gasteiger partial charge in [0.05, 0.1) is 5.56 Å². The number of amides is 1. The van der Waals surface area contributed by atoms with Gasteiger partial charge in [-0.25, -0.2) is 4.79 Å². The lowest BCUT2D eigenvalue weighted by atomic mass is 10.0. The zero-order valence-corrected chi connectivity index (χ0v) is 12.8. The van der Waals surface area contributed by atoms with Crippen LogP contribution in [0.25, 0.3) is 0 Å². The predicted molar refractivity (Wildman–Crippen MR) is 77.2 cm³/mol. The van der Waals surface area contributed by atoms with Gasteiger partial charge in [-0.05, 0) is 52.9 Å². The average molecular weight is 328 g/mol. The first kappa shape index (κ1) is 15.7. The van der Waals surface area contributed by atoms with Gasteiger partial charge in [-0.3, -0.25) is 4.79 Å². The zero-order valence-electron chi connectivity index (χ0n) is 11.2. The van der Waals surface area contributed by atoms with Crippen LogP contribution in [0.1, 0.15) is 36.2 Å². The Kier molecular flexibility index (Phi) is 5.54. The highest BCUT2D eigenvalue weighted by atomic mass is 79.9. The van der Waals surface area contributed by atoms with Gasteiger partial charge in [-0.2, -0.15) is 0 Å². The van der Waals surface area contributed by atoms with E-state index in [4.69, 9.17) is 5.11 Å². The number of rotatable bonds is 5. The summed E-state index contributed by atoms with van der Waals surface area (Å²) < 4.78 is 0.665. The van der Waals surface area contributed by atoms with Crippen molar-refractivity contribution in [3.63, 3.8) is 0 Å². The van der Waals surface area contributed by atoms with Gasteiger partial charge in [0.15, 0.2) is 0 Å². The van der Waals surface area contributed by atoms with Crippen LogP contribution < -0.4 is 5.32 Å². The molecule has 0 fully saturated rings. The number of halogens is 1. The van der Waals surface area contributed by atoms with Crippen LogP contribution in [-0.4, -0.2) is 23.0 Å². The fourth-order valence-corrected chi connectivity index (χ4v) is 2.41. The summed E-state index contributed by atoms with van der Waals surface area (Å²) in [4.78, 5) is 23.2. The Morgan fingerprint density at radius 1 is 1.37 bits per heavy atom. The molecule has 4 nitrogen and oxygen atoms in total. The van der Waals surface area contributed by atoms with E-state index in [9.17, 15) is 9.59 Å². The maximum Gasteiger partial charge on any atom is 0.326 e. The highest BCUT2D eigenvalue weighted by Crippen LogP contribution is 2.18. The van der Waals surface area contributed by atoms with E-state index in [1.54, 1.807) is 6.07 Å². The number of carbonyl (C=O) groups excluding carboxylic acids is 1. The molecule has 0 aliphatic carbocycles. The smallest absolute Gasteiger partial charge is 0.326 e. The molecular formula is C14H18BrNO3. The molecule has 0 spiro atoms. The SMILES string of the molecule is Cc1ccc(C(=O)N[C@H](CC(C)C)C(=O)O)c(Br)c1. The Bertz CT molecular complexity index is 486. The summed E-state index contributed by atoms with van der Waals surface area (Å²) in [6.07, 6.45) is 0.407. The number of aryl methyl sites for hydroxylation is 1. The van der Waals surface area contributed by atoms with Crippen molar-refractivity contribution in [1.29, 1.82) is 0 Å². The summed E-state index contributed by atoms with van der Waals surface area (Å²) in [6, 6.07) is 4.47. The van der Waals surface area contributed by atoms with Gasteiger partial charge < -0.3 is 10.4 Å². The molecule has 0 aliphatic rings. The standard InChI is InChI=1S/C14H18BrNO3/c1-8(2)6-12(14(18)19)16-13(17)10-5-4-9(3)7-11(10)15/h4-5,7-8,12H,6H2,1-3H3,(H,16,17)(H,18,19)/t12-/m1/s1. The molecule has 1 rings (SSSR count). The molecule has 1 atom stereocenters. The third kappa shape index (κ3) is 4.67. The molecule has 0 aromatic heterocycles. The average Bonchev–Trinajstić information content (AvgIpc) is 2.26. The predicted octanol–water partition coefficient (Wildman–Crippen LogP) is 2.99. The first-order valence-corrected chi connectivity index (χ1v) is 6.90. The number of carboxylic acids is 1. The minimum atomic E-state index is -1.01. The number of benzene rings is 1. The number of nitrogens with one attached hydrogen (secondary N) is 1.